The van der Waals surface area contributed by atoms with Crippen LogP contribution in [-0.4, -0.2) is 36.7 Å². The molecule has 1 heterocycles. The number of nitrogens with one attached hydrogen (secondary N) is 1. The number of carbonyl (C=O) groups is 1. The summed E-state index contributed by atoms with van der Waals surface area (Å²) in [5, 5.41) is 3.35. The van der Waals surface area contributed by atoms with E-state index in [9.17, 15) is 4.79 Å². The van der Waals surface area contributed by atoms with E-state index in [1.54, 1.807) is 0 Å². The van der Waals surface area contributed by atoms with E-state index in [2.05, 4.69) is 19.2 Å². The summed E-state index contributed by atoms with van der Waals surface area (Å²) in [6.45, 7) is 5.15. The molecule has 1 unspecified atom stereocenters. The van der Waals surface area contributed by atoms with Crippen LogP contribution in [0.5, 0.6) is 0 Å². The van der Waals surface area contributed by atoms with E-state index < -0.39 is 5.54 Å². The lowest BCUT2D eigenvalue weighted by atomic mass is 9.98. The zero-order valence-corrected chi connectivity index (χ0v) is 9.95. The number of carbonyl (C=O) groups excluding carboxylic acids is 1. The summed E-state index contributed by atoms with van der Waals surface area (Å²) in [7, 11) is 1.46. The van der Waals surface area contributed by atoms with Crippen LogP contribution in [0.15, 0.2) is 0 Å². The zero-order chi connectivity index (χ0) is 10.6. The first kappa shape index (κ1) is 11.9. The molecule has 0 aliphatic carbocycles. The maximum Gasteiger partial charge on any atom is 0.326 e. The van der Waals surface area contributed by atoms with Gasteiger partial charge in [-0.1, -0.05) is 13.8 Å². The number of hydrogen-bond donors (Lipinski definition) is 1. The summed E-state index contributed by atoms with van der Waals surface area (Å²) in [4.78, 5) is 11.7. The molecular formula is C10H19NO2S. The highest BCUT2D eigenvalue weighted by atomic mass is 32.2. The maximum absolute atomic E-state index is 11.7. The maximum atomic E-state index is 11.7. The van der Waals surface area contributed by atoms with E-state index in [1.165, 1.54) is 7.11 Å². The second-order valence-corrected chi connectivity index (χ2v) is 5.26. The Hall–Kier alpha value is -0.220. The van der Waals surface area contributed by atoms with Gasteiger partial charge < -0.3 is 10.1 Å². The molecule has 3 nitrogen and oxygen atoms in total. The fourth-order valence-electron chi connectivity index (χ4n) is 1.53. The lowest BCUT2D eigenvalue weighted by molar-refractivity contribution is -0.147. The third-order valence-corrected chi connectivity index (χ3v) is 3.64. The zero-order valence-electron chi connectivity index (χ0n) is 9.13. The number of hydrogen-bond acceptors (Lipinski definition) is 4. The Kier molecular flexibility index (Phi) is 4.26. The molecule has 1 saturated heterocycles. The molecule has 1 aliphatic rings. The van der Waals surface area contributed by atoms with Crippen molar-refractivity contribution < 1.29 is 9.53 Å². The molecule has 1 aliphatic heterocycles. The number of rotatable bonds is 4. The van der Waals surface area contributed by atoms with E-state index in [1.807, 2.05) is 11.8 Å². The van der Waals surface area contributed by atoms with E-state index in [0.29, 0.717) is 5.92 Å². The molecule has 82 valence electrons. The van der Waals surface area contributed by atoms with Gasteiger partial charge in [-0.2, -0.15) is 11.8 Å². The molecule has 14 heavy (non-hydrogen) atoms. The Bertz CT molecular complexity index is 200. The average molecular weight is 217 g/mol. The largest absolute Gasteiger partial charge is 0.468 e. The Morgan fingerprint density at radius 2 is 2.36 bits per heavy atom. The minimum atomic E-state index is -0.413. The van der Waals surface area contributed by atoms with Crippen molar-refractivity contribution in [2.75, 3.05) is 25.2 Å². The van der Waals surface area contributed by atoms with Gasteiger partial charge >= 0.3 is 5.97 Å². The van der Waals surface area contributed by atoms with Crippen molar-refractivity contribution in [3.05, 3.63) is 0 Å². The van der Waals surface area contributed by atoms with Gasteiger partial charge in [0, 0.05) is 5.75 Å². The average Bonchev–Trinajstić information content (AvgIpc) is 2.63. The molecule has 0 radical (unpaired) electrons. The summed E-state index contributed by atoms with van der Waals surface area (Å²) in [6.07, 6.45) is 0.886. The first-order chi connectivity index (χ1) is 6.60. The van der Waals surface area contributed by atoms with E-state index >= 15 is 0 Å². The van der Waals surface area contributed by atoms with Crippen LogP contribution < -0.4 is 5.32 Å². The molecule has 0 aromatic rings. The molecular weight excluding hydrogens is 198 g/mol. The molecule has 0 aromatic carbocycles. The Labute approximate surface area is 90.0 Å². The normalized spacial score (nSPS) is 26.9. The van der Waals surface area contributed by atoms with Gasteiger partial charge in [0.2, 0.25) is 0 Å². The number of esters is 1. The predicted octanol–water partition coefficient (Wildman–Crippen LogP) is 1.28. The quantitative estimate of drug-likeness (QED) is 0.720. The monoisotopic (exact) mass is 217 g/mol. The van der Waals surface area contributed by atoms with Gasteiger partial charge in [0.05, 0.1) is 7.11 Å². The van der Waals surface area contributed by atoms with Crippen molar-refractivity contribution in [2.45, 2.75) is 25.8 Å². The van der Waals surface area contributed by atoms with Crippen LogP contribution in [0, 0.1) is 5.92 Å². The van der Waals surface area contributed by atoms with Gasteiger partial charge in [-0.25, -0.2) is 0 Å². The summed E-state index contributed by atoms with van der Waals surface area (Å²) in [5.41, 5.74) is -0.413. The van der Waals surface area contributed by atoms with Gasteiger partial charge in [0.1, 0.15) is 5.54 Å². The van der Waals surface area contributed by atoms with Crippen LogP contribution in [0.4, 0.5) is 0 Å². The van der Waals surface area contributed by atoms with Gasteiger partial charge in [-0.15, -0.1) is 0 Å². The smallest absolute Gasteiger partial charge is 0.326 e. The number of thioether (sulfide) groups is 1. The molecule has 4 heteroatoms. The van der Waals surface area contributed by atoms with Crippen molar-refractivity contribution in [3.8, 4) is 0 Å². The lowest BCUT2D eigenvalue weighted by Crippen LogP contribution is -2.54. The van der Waals surface area contributed by atoms with Crippen LogP contribution in [0.3, 0.4) is 0 Å². The third-order valence-electron chi connectivity index (χ3n) is 2.45. The third kappa shape index (κ3) is 2.64. The molecule has 0 saturated carbocycles. The summed E-state index contributed by atoms with van der Waals surface area (Å²) in [6, 6.07) is 0. The fourth-order valence-corrected chi connectivity index (χ4v) is 2.88. The minimum Gasteiger partial charge on any atom is -0.468 e. The van der Waals surface area contributed by atoms with Gasteiger partial charge in [-0.05, 0) is 24.6 Å². The molecule has 0 amide bonds. The van der Waals surface area contributed by atoms with Crippen LogP contribution >= 0.6 is 11.8 Å². The predicted molar refractivity (Wildman–Crippen MR) is 59.5 cm³/mol. The molecule has 1 atom stereocenters. The van der Waals surface area contributed by atoms with Gasteiger partial charge in [-0.3, -0.25) is 4.79 Å². The Morgan fingerprint density at radius 3 is 2.79 bits per heavy atom. The van der Waals surface area contributed by atoms with Crippen molar-refractivity contribution in [3.63, 3.8) is 0 Å². The van der Waals surface area contributed by atoms with E-state index in [4.69, 9.17) is 4.74 Å². The summed E-state index contributed by atoms with van der Waals surface area (Å²) in [5.74, 6) is 2.33. The van der Waals surface area contributed by atoms with Crippen LogP contribution in [0.25, 0.3) is 0 Å². The Morgan fingerprint density at radius 1 is 1.64 bits per heavy atom. The second kappa shape index (κ2) is 5.03. The topological polar surface area (TPSA) is 38.3 Å². The first-order valence-electron chi connectivity index (χ1n) is 5.02. The summed E-state index contributed by atoms with van der Waals surface area (Å²) >= 11 is 1.81. The molecule has 0 aromatic heterocycles. The van der Waals surface area contributed by atoms with Crippen LogP contribution in [-0.2, 0) is 9.53 Å². The number of ether oxygens (including phenoxy) is 1. The fraction of sp³-hybridized carbons (Fsp3) is 0.900. The highest BCUT2D eigenvalue weighted by Crippen LogP contribution is 2.29. The van der Waals surface area contributed by atoms with E-state index in [0.717, 1.165) is 24.5 Å². The van der Waals surface area contributed by atoms with Crippen molar-refractivity contribution >= 4 is 17.7 Å². The summed E-state index contributed by atoms with van der Waals surface area (Å²) < 4.78 is 4.86. The SMILES string of the molecule is COC(=O)C1(NCC(C)C)CCSC1. The van der Waals surface area contributed by atoms with Crippen molar-refractivity contribution in [1.82, 2.24) is 5.32 Å². The molecule has 1 rings (SSSR count). The van der Waals surface area contributed by atoms with Crippen molar-refractivity contribution in [1.29, 1.82) is 0 Å². The van der Waals surface area contributed by atoms with Gasteiger partial charge in [0.25, 0.3) is 0 Å². The lowest BCUT2D eigenvalue weighted by Gasteiger charge is -2.27. The van der Waals surface area contributed by atoms with Crippen molar-refractivity contribution in [2.24, 2.45) is 5.92 Å². The van der Waals surface area contributed by atoms with Gasteiger partial charge in [0.15, 0.2) is 0 Å². The second-order valence-electron chi connectivity index (χ2n) is 4.15. The van der Waals surface area contributed by atoms with Crippen LogP contribution in [0.1, 0.15) is 20.3 Å². The van der Waals surface area contributed by atoms with E-state index in [-0.39, 0.29) is 5.97 Å². The molecule has 0 bridgehead atoms. The highest BCUT2D eigenvalue weighted by molar-refractivity contribution is 7.99. The number of methoxy groups -OCH3 is 1. The first-order valence-corrected chi connectivity index (χ1v) is 6.17. The van der Waals surface area contributed by atoms with Crippen LogP contribution in [0.2, 0.25) is 0 Å². The molecule has 0 spiro atoms. The standard InChI is InChI=1S/C10H19NO2S/c1-8(2)6-11-10(9(12)13-3)4-5-14-7-10/h8,11H,4-7H2,1-3H3. The highest BCUT2D eigenvalue weighted by Gasteiger charge is 2.42. The molecule has 1 fully saturated rings. The molecule has 1 N–H and O–H groups in total. The Balaban J connectivity index is 2.57. The minimum absolute atomic E-state index is 0.108.